The minimum Gasteiger partial charge on any atom is -0.447 e. The molecule has 1 aliphatic rings. The van der Waals surface area contributed by atoms with E-state index in [2.05, 4.69) is 17.2 Å². The van der Waals surface area contributed by atoms with Gasteiger partial charge < -0.3 is 24.4 Å². The molecule has 0 bridgehead atoms. The number of nitrogens with one attached hydrogen (secondary N) is 1. The van der Waals surface area contributed by atoms with Crippen molar-refractivity contribution in [2.75, 3.05) is 31.7 Å². The largest absolute Gasteiger partial charge is 0.447 e. The molecule has 10 nitrogen and oxygen atoms in total. The van der Waals surface area contributed by atoms with E-state index in [1.54, 1.807) is 0 Å². The second-order valence-corrected chi connectivity index (χ2v) is 11.0. The highest BCUT2D eigenvalue weighted by molar-refractivity contribution is 5.83. The third-order valence-electron chi connectivity index (χ3n) is 7.48. The Balaban J connectivity index is 1.44. The van der Waals surface area contributed by atoms with Gasteiger partial charge in [-0.2, -0.15) is 13.8 Å². The number of halogens is 2. The van der Waals surface area contributed by atoms with E-state index in [1.807, 2.05) is 0 Å². The summed E-state index contributed by atoms with van der Waals surface area (Å²) in [6.07, 6.45) is 15.0. The SMILES string of the molecule is CCCCCCCCCCCCCCCCCCOCCOC(=O)Nc1ccn(C2OC(CO)C(O)C2(F)F)c(=O)n1. The summed E-state index contributed by atoms with van der Waals surface area (Å²) in [5.41, 5.74) is -1.13. The van der Waals surface area contributed by atoms with Crippen LogP contribution in [0, 0.1) is 0 Å². The molecule has 3 unspecified atom stereocenters. The van der Waals surface area contributed by atoms with Gasteiger partial charge in [-0.3, -0.25) is 9.88 Å². The highest BCUT2D eigenvalue weighted by Crippen LogP contribution is 2.42. The van der Waals surface area contributed by atoms with Crippen molar-refractivity contribution >= 4 is 11.9 Å². The second-order valence-electron chi connectivity index (χ2n) is 11.0. The lowest BCUT2D eigenvalue weighted by Gasteiger charge is -2.21. The van der Waals surface area contributed by atoms with Gasteiger partial charge in [0.15, 0.2) is 6.10 Å². The quantitative estimate of drug-likeness (QED) is 0.131. The van der Waals surface area contributed by atoms with Gasteiger partial charge in [0.25, 0.3) is 0 Å². The number of hydrogen-bond donors (Lipinski definition) is 3. The van der Waals surface area contributed by atoms with Crippen molar-refractivity contribution in [1.82, 2.24) is 9.55 Å². The average molecular weight is 604 g/mol. The summed E-state index contributed by atoms with van der Waals surface area (Å²) in [6.45, 7) is 2.23. The normalized spacial score (nSPS) is 19.7. The molecule has 3 N–H and O–H groups in total. The van der Waals surface area contributed by atoms with Crippen molar-refractivity contribution in [1.29, 1.82) is 0 Å². The average Bonchev–Trinajstić information content (AvgIpc) is 3.19. The number of rotatable bonds is 23. The Bertz CT molecular complexity index is 934. The number of ether oxygens (including phenoxy) is 3. The number of aromatic nitrogens is 2. The molecule has 1 amide bonds. The molecule has 1 aromatic heterocycles. The molecule has 0 radical (unpaired) electrons. The monoisotopic (exact) mass is 603 g/mol. The van der Waals surface area contributed by atoms with E-state index in [1.165, 1.54) is 89.9 Å². The van der Waals surface area contributed by atoms with Gasteiger partial charge in [0.05, 0.1) is 13.2 Å². The van der Waals surface area contributed by atoms with Gasteiger partial charge in [-0.05, 0) is 12.5 Å². The molecule has 3 atom stereocenters. The molecule has 42 heavy (non-hydrogen) atoms. The molecular formula is C30H51F2N3O7. The highest BCUT2D eigenvalue weighted by Gasteiger charge is 2.59. The second kappa shape index (κ2) is 20.7. The Morgan fingerprint density at radius 3 is 2.00 bits per heavy atom. The maximum atomic E-state index is 14.3. The van der Waals surface area contributed by atoms with Crippen molar-refractivity contribution in [2.45, 2.75) is 134 Å². The molecule has 2 rings (SSSR count). The maximum Gasteiger partial charge on any atom is 0.412 e. The fourth-order valence-electron chi connectivity index (χ4n) is 4.97. The van der Waals surface area contributed by atoms with E-state index in [9.17, 15) is 23.5 Å². The summed E-state index contributed by atoms with van der Waals surface area (Å²) in [5.74, 6) is -4.02. The number of carbonyl (C=O) groups excluding carboxylic acids is 1. The van der Waals surface area contributed by atoms with E-state index in [-0.39, 0.29) is 19.0 Å². The number of unbranched alkanes of at least 4 members (excludes halogenated alkanes) is 15. The third-order valence-corrected chi connectivity index (χ3v) is 7.48. The first kappa shape index (κ1) is 36.0. The van der Waals surface area contributed by atoms with Crippen LogP contribution in [0.4, 0.5) is 19.4 Å². The van der Waals surface area contributed by atoms with Gasteiger partial charge in [-0.15, -0.1) is 0 Å². The summed E-state index contributed by atoms with van der Waals surface area (Å²) in [4.78, 5) is 27.7. The van der Waals surface area contributed by atoms with Crippen LogP contribution in [0.25, 0.3) is 0 Å². The molecule has 0 aliphatic carbocycles. The zero-order chi connectivity index (χ0) is 30.6. The molecule has 0 aromatic carbocycles. The lowest BCUT2D eigenvalue weighted by atomic mass is 10.0. The molecule has 1 saturated heterocycles. The predicted molar refractivity (Wildman–Crippen MR) is 156 cm³/mol. The van der Waals surface area contributed by atoms with Crippen LogP contribution in [-0.2, 0) is 14.2 Å². The first-order chi connectivity index (χ1) is 20.3. The standard InChI is InChI=1S/C30H51F2N3O7/c1-2-3-4-5-6-7-8-9-10-11-12-13-14-15-16-17-20-40-21-22-41-29(39)34-25-18-19-35(28(38)33-25)27-30(31,32)26(37)24(23-36)42-27/h18-19,24,26-27,36-37H,2-17,20-23H2,1H3,(H,33,34,38,39). The van der Waals surface area contributed by atoms with Crippen molar-refractivity contribution in [3.63, 3.8) is 0 Å². The molecule has 1 aromatic rings. The number of aliphatic hydroxyl groups excluding tert-OH is 2. The van der Waals surface area contributed by atoms with Gasteiger partial charge in [0.2, 0.25) is 6.23 Å². The molecule has 0 saturated carbocycles. The van der Waals surface area contributed by atoms with E-state index in [0.717, 1.165) is 25.1 Å². The molecule has 2 heterocycles. The molecule has 0 spiro atoms. The van der Waals surface area contributed by atoms with Crippen molar-refractivity contribution in [2.24, 2.45) is 0 Å². The van der Waals surface area contributed by atoms with Gasteiger partial charge >= 0.3 is 17.7 Å². The molecule has 1 fully saturated rings. The Hall–Kier alpha value is -2.15. The molecule has 1 aliphatic heterocycles. The van der Waals surface area contributed by atoms with Crippen LogP contribution < -0.4 is 11.0 Å². The fraction of sp³-hybridized carbons (Fsp3) is 0.833. The predicted octanol–water partition coefficient (Wildman–Crippen LogP) is 5.96. The summed E-state index contributed by atoms with van der Waals surface area (Å²) in [7, 11) is 0. The number of aliphatic hydroxyl groups is 2. The molecule has 242 valence electrons. The Morgan fingerprint density at radius 1 is 0.952 bits per heavy atom. The van der Waals surface area contributed by atoms with E-state index in [4.69, 9.17) is 19.3 Å². The Kier molecular flexibility index (Phi) is 17.8. The number of alkyl halides is 2. The first-order valence-electron chi connectivity index (χ1n) is 15.7. The zero-order valence-electron chi connectivity index (χ0n) is 25.1. The summed E-state index contributed by atoms with van der Waals surface area (Å²) < 4.78 is 44.4. The summed E-state index contributed by atoms with van der Waals surface area (Å²) >= 11 is 0. The van der Waals surface area contributed by atoms with E-state index in [0.29, 0.717) is 11.2 Å². The van der Waals surface area contributed by atoms with Crippen LogP contribution in [0.1, 0.15) is 116 Å². The lowest BCUT2D eigenvalue weighted by molar-refractivity contribution is -0.140. The van der Waals surface area contributed by atoms with Crippen molar-refractivity contribution in [3.8, 4) is 0 Å². The van der Waals surface area contributed by atoms with Gasteiger partial charge in [0.1, 0.15) is 18.5 Å². The van der Waals surface area contributed by atoms with Crippen LogP contribution in [0.5, 0.6) is 0 Å². The van der Waals surface area contributed by atoms with Crippen molar-refractivity contribution < 1.29 is 38.0 Å². The molecule has 12 heteroatoms. The number of anilines is 1. The van der Waals surface area contributed by atoms with E-state index >= 15 is 0 Å². The van der Waals surface area contributed by atoms with E-state index < -0.39 is 42.7 Å². The number of amides is 1. The summed E-state index contributed by atoms with van der Waals surface area (Å²) in [5, 5.41) is 20.9. The number of carbonyl (C=O) groups is 1. The van der Waals surface area contributed by atoms with Gasteiger partial charge in [-0.25, -0.2) is 9.59 Å². The minimum absolute atomic E-state index is 0.00430. The molecular weight excluding hydrogens is 552 g/mol. The number of hydrogen-bond acceptors (Lipinski definition) is 8. The van der Waals surface area contributed by atoms with Crippen molar-refractivity contribution in [3.05, 3.63) is 22.7 Å². The van der Waals surface area contributed by atoms with Crippen LogP contribution in [0.15, 0.2) is 17.1 Å². The zero-order valence-corrected chi connectivity index (χ0v) is 25.1. The fourth-order valence-corrected chi connectivity index (χ4v) is 4.97. The highest BCUT2D eigenvalue weighted by atomic mass is 19.3. The Labute approximate surface area is 248 Å². The van der Waals surface area contributed by atoms with Crippen LogP contribution in [0.3, 0.4) is 0 Å². The van der Waals surface area contributed by atoms with Crippen LogP contribution >= 0.6 is 0 Å². The number of nitrogens with zero attached hydrogens (tertiary/aromatic N) is 2. The topological polar surface area (TPSA) is 132 Å². The smallest absolute Gasteiger partial charge is 0.412 e. The summed E-state index contributed by atoms with van der Waals surface area (Å²) in [6, 6.07) is 1.12. The maximum absolute atomic E-state index is 14.3. The third kappa shape index (κ3) is 13.0. The first-order valence-corrected chi connectivity index (χ1v) is 15.7. The minimum atomic E-state index is -3.82. The van der Waals surface area contributed by atoms with Crippen LogP contribution in [-0.4, -0.2) is 70.4 Å². The lowest BCUT2D eigenvalue weighted by Crippen LogP contribution is -2.41. The van der Waals surface area contributed by atoms with Gasteiger partial charge in [-0.1, -0.05) is 103 Å². The Morgan fingerprint density at radius 2 is 1.50 bits per heavy atom. The van der Waals surface area contributed by atoms with Crippen LogP contribution in [0.2, 0.25) is 0 Å². The van der Waals surface area contributed by atoms with Gasteiger partial charge in [0, 0.05) is 12.8 Å².